The zero-order chi connectivity index (χ0) is 24.6. The van der Waals surface area contributed by atoms with Crippen molar-refractivity contribution in [1.29, 1.82) is 0 Å². The number of benzene rings is 3. The molecule has 3 rings (SSSR count). The van der Waals surface area contributed by atoms with E-state index < -0.39 is 28.1 Å². The summed E-state index contributed by atoms with van der Waals surface area (Å²) in [6.07, 6.45) is -1.04. The van der Waals surface area contributed by atoms with E-state index in [4.69, 9.17) is 9.47 Å². The molecule has 0 saturated heterocycles. The average molecular weight is 486 g/mol. The molecule has 0 amide bonds. The maximum atomic E-state index is 12.8. The number of nitrogens with one attached hydrogen (secondary N) is 1. The summed E-state index contributed by atoms with van der Waals surface area (Å²) < 4.78 is 38.3. The van der Waals surface area contributed by atoms with Gasteiger partial charge in [0.05, 0.1) is 24.7 Å². The van der Waals surface area contributed by atoms with E-state index in [2.05, 4.69) is 4.72 Å². The van der Waals surface area contributed by atoms with Crippen LogP contribution in [-0.2, 0) is 14.8 Å². The van der Waals surface area contributed by atoms with Crippen LogP contribution in [0.1, 0.15) is 12.8 Å². The van der Waals surface area contributed by atoms with E-state index in [0.29, 0.717) is 17.9 Å². The Labute approximate surface area is 198 Å². The Morgan fingerprint density at radius 3 is 2.06 bits per heavy atom. The van der Waals surface area contributed by atoms with Crippen LogP contribution < -0.4 is 14.2 Å². The van der Waals surface area contributed by atoms with Crippen molar-refractivity contribution in [3.05, 3.63) is 78.9 Å². The number of rotatable bonds is 12. The van der Waals surface area contributed by atoms with Gasteiger partial charge in [0.1, 0.15) is 17.5 Å². The smallest absolute Gasteiger partial charge is 0.324 e. The third kappa shape index (κ3) is 6.80. The van der Waals surface area contributed by atoms with Gasteiger partial charge >= 0.3 is 5.97 Å². The first-order valence-electron chi connectivity index (χ1n) is 10.7. The fourth-order valence-corrected chi connectivity index (χ4v) is 4.53. The van der Waals surface area contributed by atoms with E-state index in [0.717, 1.165) is 11.1 Å². The Hall–Kier alpha value is -3.40. The molecule has 0 aliphatic heterocycles. The summed E-state index contributed by atoms with van der Waals surface area (Å²) in [7, 11) is -2.60. The van der Waals surface area contributed by atoms with Crippen LogP contribution in [0.15, 0.2) is 83.8 Å². The number of sulfonamides is 1. The zero-order valence-corrected chi connectivity index (χ0v) is 19.4. The number of aliphatic carboxylic acids is 1. The van der Waals surface area contributed by atoms with Crippen LogP contribution in [0.3, 0.4) is 0 Å². The number of hydrogen-bond acceptors (Lipinski definition) is 6. The minimum absolute atomic E-state index is 0.0444. The van der Waals surface area contributed by atoms with Crippen LogP contribution in [0.25, 0.3) is 11.1 Å². The lowest BCUT2D eigenvalue weighted by atomic mass is 10.1. The van der Waals surface area contributed by atoms with Crippen molar-refractivity contribution in [2.24, 2.45) is 0 Å². The van der Waals surface area contributed by atoms with E-state index in [1.54, 1.807) is 43.5 Å². The molecular formula is C25H27NO7S. The molecule has 2 atom stereocenters. The molecule has 0 saturated carbocycles. The summed E-state index contributed by atoms with van der Waals surface area (Å²) >= 11 is 0. The summed E-state index contributed by atoms with van der Waals surface area (Å²) in [5, 5.41) is 19.8. The van der Waals surface area contributed by atoms with Gasteiger partial charge in [-0.25, -0.2) is 8.42 Å². The summed E-state index contributed by atoms with van der Waals surface area (Å²) in [6.45, 7) is 0.257. The molecule has 8 nitrogen and oxygen atoms in total. The van der Waals surface area contributed by atoms with E-state index >= 15 is 0 Å². The van der Waals surface area contributed by atoms with E-state index in [1.807, 2.05) is 30.3 Å². The molecule has 9 heteroatoms. The third-order valence-electron chi connectivity index (χ3n) is 5.18. The van der Waals surface area contributed by atoms with Gasteiger partial charge < -0.3 is 19.7 Å². The van der Waals surface area contributed by atoms with Crippen LogP contribution in [0, 0.1) is 0 Å². The van der Waals surface area contributed by atoms with Crippen molar-refractivity contribution >= 4 is 16.0 Å². The Kier molecular flexibility index (Phi) is 8.64. The number of para-hydroxylation sites is 1. The second-order valence-corrected chi connectivity index (χ2v) is 9.28. The predicted molar refractivity (Wildman–Crippen MR) is 127 cm³/mol. The molecule has 3 N–H and O–H groups in total. The summed E-state index contributed by atoms with van der Waals surface area (Å²) in [5.41, 5.74) is 1.66. The highest BCUT2D eigenvalue weighted by Crippen LogP contribution is 2.24. The van der Waals surface area contributed by atoms with Crippen molar-refractivity contribution in [1.82, 2.24) is 4.72 Å². The normalized spacial score (nSPS) is 13.1. The summed E-state index contributed by atoms with van der Waals surface area (Å²) in [6, 6.07) is 20.7. The molecule has 3 aromatic carbocycles. The van der Waals surface area contributed by atoms with Gasteiger partial charge in [0, 0.05) is 0 Å². The molecule has 0 heterocycles. The van der Waals surface area contributed by atoms with Gasteiger partial charge in [0.15, 0.2) is 0 Å². The molecule has 0 fully saturated rings. The standard InChI is InChI=1S/C25H27NO7S/c1-32-20-13-9-18(10-14-20)19-11-15-22(16-12-19)34(30,31)26-24(25(28)29)23(27)8-5-17-33-21-6-3-2-4-7-21/h2-4,6-7,9-16,23-24,26-27H,5,8,17H2,1H3,(H,28,29)/t23-,24-/m1/s1. The lowest BCUT2D eigenvalue weighted by Crippen LogP contribution is -2.48. The largest absolute Gasteiger partial charge is 0.497 e. The highest BCUT2D eigenvalue weighted by Gasteiger charge is 2.31. The molecular weight excluding hydrogens is 458 g/mol. The monoisotopic (exact) mass is 485 g/mol. The number of hydrogen-bond donors (Lipinski definition) is 3. The number of methoxy groups -OCH3 is 1. The van der Waals surface area contributed by atoms with Gasteiger partial charge in [-0.05, 0) is 60.4 Å². The molecule has 0 spiro atoms. The molecule has 0 aliphatic carbocycles. The van der Waals surface area contributed by atoms with Gasteiger partial charge in [-0.15, -0.1) is 0 Å². The fraction of sp³-hybridized carbons (Fsp3) is 0.240. The Morgan fingerprint density at radius 2 is 1.50 bits per heavy atom. The predicted octanol–water partition coefficient (Wildman–Crippen LogP) is 3.31. The molecule has 0 aliphatic rings. The first-order chi connectivity index (χ1) is 16.3. The molecule has 34 heavy (non-hydrogen) atoms. The SMILES string of the molecule is COc1ccc(-c2ccc(S(=O)(=O)N[C@@H](C(=O)O)[C@H](O)CCCOc3ccccc3)cc2)cc1. The number of carbonyl (C=O) groups is 1. The van der Waals surface area contributed by atoms with Crippen molar-refractivity contribution in [2.45, 2.75) is 29.9 Å². The minimum Gasteiger partial charge on any atom is -0.497 e. The lowest BCUT2D eigenvalue weighted by molar-refractivity contribution is -0.141. The van der Waals surface area contributed by atoms with Crippen LogP contribution in [0.4, 0.5) is 0 Å². The molecule has 0 bridgehead atoms. The number of aliphatic hydroxyl groups excluding tert-OH is 1. The van der Waals surface area contributed by atoms with Gasteiger partial charge in [-0.3, -0.25) is 4.79 Å². The number of carboxylic acids is 1. The van der Waals surface area contributed by atoms with E-state index in [9.17, 15) is 23.4 Å². The Morgan fingerprint density at radius 1 is 0.912 bits per heavy atom. The van der Waals surface area contributed by atoms with Crippen LogP contribution >= 0.6 is 0 Å². The van der Waals surface area contributed by atoms with Crippen molar-refractivity contribution in [3.8, 4) is 22.6 Å². The van der Waals surface area contributed by atoms with Gasteiger partial charge in [0.2, 0.25) is 10.0 Å². The van der Waals surface area contributed by atoms with Crippen molar-refractivity contribution in [2.75, 3.05) is 13.7 Å². The van der Waals surface area contributed by atoms with Crippen molar-refractivity contribution < 1.29 is 32.9 Å². The zero-order valence-electron chi connectivity index (χ0n) is 18.6. The Balaban J connectivity index is 1.61. The molecule has 3 aromatic rings. The quantitative estimate of drug-likeness (QED) is 0.336. The summed E-state index contributed by atoms with van der Waals surface area (Å²) in [4.78, 5) is 11.6. The number of ether oxygens (including phenoxy) is 2. The second kappa shape index (κ2) is 11.6. The molecule has 0 unspecified atom stereocenters. The maximum Gasteiger partial charge on any atom is 0.324 e. The highest BCUT2D eigenvalue weighted by molar-refractivity contribution is 7.89. The highest BCUT2D eigenvalue weighted by atomic mass is 32.2. The molecule has 0 radical (unpaired) electrons. The topological polar surface area (TPSA) is 122 Å². The maximum absolute atomic E-state index is 12.8. The van der Waals surface area contributed by atoms with Crippen LogP contribution in [0.2, 0.25) is 0 Å². The van der Waals surface area contributed by atoms with Gasteiger partial charge in [-0.2, -0.15) is 4.72 Å². The number of aliphatic hydroxyl groups is 1. The van der Waals surface area contributed by atoms with Crippen LogP contribution in [0.5, 0.6) is 11.5 Å². The molecule has 0 aromatic heterocycles. The van der Waals surface area contributed by atoms with Gasteiger partial charge in [-0.1, -0.05) is 42.5 Å². The van der Waals surface area contributed by atoms with Crippen LogP contribution in [-0.4, -0.2) is 50.5 Å². The minimum atomic E-state index is -4.17. The van der Waals surface area contributed by atoms with Gasteiger partial charge in [0.25, 0.3) is 0 Å². The average Bonchev–Trinajstić information content (AvgIpc) is 2.85. The summed E-state index contributed by atoms with van der Waals surface area (Å²) in [5.74, 6) is -0.0995. The molecule has 180 valence electrons. The van der Waals surface area contributed by atoms with Crippen molar-refractivity contribution in [3.63, 3.8) is 0 Å². The Bertz CT molecular complexity index is 1160. The second-order valence-electron chi connectivity index (χ2n) is 7.56. The number of carboxylic acid groups (broad SMARTS) is 1. The lowest BCUT2D eigenvalue weighted by Gasteiger charge is -2.20. The fourth-order valence-electron chi connectivity index (χ4n) is 3.30. The van der Waals surface area contributed by atoms with E-state index in [1.165, 1.54) is 12.1 Å². The third-order valence-corrected chi connectivity index (χ3v) is 6.63. The first kappa shape index (κ1) is 25.2. The first-order valence-corrected chi connectivity index (χ1v) is 12.1. The van der Waals surface area contributed by atoms with E-state index in [-0.39, 0.29) is 17.9 Å².